The van der Waals surface area contributed by atoms with Gasteiger partial charge >= 0.3 is 0 Å². The predicted molar refractivity (Wildman–Crippen MR) is 62.1 cm³/mol. The first-order valence-electron chi connectivity index (χ1n) is 4.98. The first-order valence-corrected chi connectivity index (χ1v) is 5.86. The van der Waals surface area contributed by atoms with Gasteiger partial charge in [-0.15, -0.1) is 11.3 Å². The predicted octanol–water partition coefficient (Wildman–Crippen LogP) is 2.53. The number of aryl methyl sites for hydroxylation is 1. The second-order valence-electron chi connectivity index (χ2n) is 3.33. The maximum Gasteiger partial charge on any atom is 0.183 e. The van der Waals surface area contributed by atoms with Crippen molar-refractivity contribution in [3.05, 3.63) is 29.5 Å². The van der Waals surface area contributed by atoms with Gasteiger partial charge < -0.3 is 5.32 Å². The number of hydrogen-bond donors (Lipinski definition) is 1. The van der Waals surface area contributed by atoms with Gasteiger partial charge in [0.2, 0.25) is 0 Å². The van der Waals surface area contributed by atoms with E-state index < -0.39 is 0 Å². The van der Waals surface area contributed by atoms with E-state index in [1.54, 1.807) is 17.5 Å². The van der Waals surface area contributed by atoms with Crippen molar-refractivity contribution >= 4 is 16.5 Å². The summed E-state index contributed by atoms with van der Waals surface area (Å²) in [5, 5.41) is 10.5. The minimum absolute atomic E-state index is 0.247. The SMILES string of the molecule is CCn1cc(C(C)Nc2nccs2)cn1. The number of rotatable bonds is 4. The molecule has 0 radical (unpaired) electrons. The molecule has 2 aromatic heterocycles. The average Bonchev–Trinajstić information content (AvgIpc) is 2.86. The van der Waals surface area contributed by atoms with E-state index in [1.807, 2.05) is 16.3 Å². The Hall–Kier alpha value is -1.36. The zero-order valence-corrected chi connectivity index (χ0v) is 9.66. The topological polar surface area (TPSA) is 42.7 Å². The third-order valence-corrected chi connectivity index (χ3v) is 2.95. The standard InChI is InChI=1S/C10H14N4S/c1-3-14-7-9(6-12-14)8(2)13-10-11-4-5-15-10/h4-8H,3H2,1-2H3,(H,11,13). The zero-order chi connectivity index (χ0) is 10.7. The van der Waals surface area contributed by atoms with Crippen molar-refractivity contribution in [2.75, 3.05) is 5.32 Å². The van der Waals surface area contributed by atoms with Crippen molar-refractivity contribution in [3.63, 3.8) is 0 Å². The van der Waals surface area contributed by atoms with Gasteiger partial charge in [0.1, 0.15) is 0 Å². The Bertz CT molecular complexity index is 407. The van der Waals surface area contributed by atoms with Crippen LogP contribution in [0.5, 0.6) is 0 Å². The Labute approximate surface area is 93.0 Å². The molecule has 1 atom stereocenters. The molecule has 2 heterocycles. The van der Waals surface area contributed by atoms with Crippen LogP contribution in [0.2, 0.25) is 0 Å². The molecule has 0 saturated carbocycles. The van der Waals surface area contributed by atoms with E-state index in [0.717, 1.165) is 11.7 Å². The summed E-state index contributed by atoms with van der Waals surface area (Å²) in [4.78, 5) is 4.19. The molecule has 4 nitrogen and oxygen atoms in total. The summed E-state index contributed by atoms with van der Waals surface area (Å²) >= 11 is 1.61. The fourth-order valence-corrected chi connectivity index (χ4v) is 1.96. The molecular formula is C10H14N4S. The number of anilines is 1. The van der Waals surface area contributed by atoms with Gasteiger partial charge in [-0.25, -0.2) is 4.98 Å². The molecule has 1 unspecified atom stereocenters. The fraction of sp³-hybridized carbons (Fsp3) is 0.400. The maximum absolute atomic E-state index is 4.24. The summed E-state index contributed by atoms with van der Waals surface area (Å²) in [7, 11) is 0. The van der Waals surface area contributed by atoms with E-state index in [0.29, 0.717) is 0 Å². The van der Waals surface area contributed by atoms with Gasteiger partial charge in [-0.05, 0) is 13.8 Å². The monoisotopic (exact) mass is 222 g/mol. The lowest BCUT2D eigenvalue weighted by atomic mass is 10.2. The Kier molecular flexibility index (Phi) is 3.01. The summed E-state index contributed by atoms with van der Waals surface area (Å²) in [6, 6.07) is 0.247. The molecule has 2 rings (SSSR count). The smallest absolute Gasteiger partial charge is 0.183 e. The van der Waals surface area contributed by atoms with Crippen molar-refractivity contribution in [2.24, 2.45) is 0 Å². The van der Waals surface area contributed by atoms with E-state index in [-0.39, 0.29) is 6.04 Å². The number of nitrogens with one attached hydrogen (secondary N) is 1. The van der Waals surface area contributed by atoms with Crippen LogP contribution in [0.3, 0.4) is 0 Å². The van der Waals surface area contributed by atoms with Crippen molar-refractivity contribution < 1.29 is 0 Å². The molecule has 0 aromatic carbocycles. The van der Waals surface area contributed by atoms with E-state index in [1.165, 1.54) is 5.56 Å². The summed E-state index contributed by atoms with van der Waals surface area (Å²) < 4.78 is 1.93. The van der Waals surface area contributed by atoms with Gasteiger partial charge in [-0.1, -0.05) is 0 Å². The van der Waals surface area contributed by atoms with Crippen LogP contribution in [0.25, 0.3) is 0 Å². The van der Waals surface area contributed by atoms with Crippen LogP contribution in [0.4, 0.5) is 5.13 Å². The van der Waals surface area contributed by atoms with Crippen LogP contribution >= 0.6 is 11.3 Å². The molecule has 0 saturated heterocycles. The van der Waals surface area contributed by atoms with Gasteiger partial charge in [0.25, 0.3) is 0 Å². The minimum atomic E-state index is 0.247. The third-order valence-electron chi connectivity index (χ3n) is 2.25. The molecule has 0 bridgehead atoms. The summed E-state index contributed by atoms with van der Waals surface area (Å²) in [6.45, 7) is 5.10. The molecule has 2 aromatic rings. The average molecular weight is 222 g/mol. The minimum Gasteiger partial charge on any atom is -0.355 e. The Balaban J connectivity index is 2.04. The second-order valence-corrected chi connectivity index (χ2v) is 4.23. The van der Waals surface area contributed by atoms with Gasteiger partial charge in [0, 0.05) is 29.9 Å². The summed E-state index contributed by atoms with van der Waals surface area (Å²) in [5.74, 6) is 0. The van der Waals surface area contributed by atoms with E-state index in [4.69, 9.17) is 0 Å². The molecule has 0 fully saturated rings. The van der Waals surface area contributed by atoms with Crippen LogP contribution in [-0.2, 0) is 6.54 Å². The van der Waals surface area contributed by atoms with Crippen LogP contribution in [0.1, 0.15) is 25.5 Å². The molecule has 0 aliphatic heterocycles. The fourth-order valence-electron chi connectivity index (χ4n) is 1.34. The molecular weight excluding hydrogens is 208 g/mol. The molecule has 1 N–H and O–H groups in total. The molecule has 0 aliphatic carbocycles. The first-order chi connectivity index (χ1) is 7.29. The van der Waals surface area contributed by atoms with Crippen LogP contribution < -0.4 is 5.32 Å². The van der Waals surface area contributed by atoms with Gasteiger partial charge in [-0.2, -0.15) is 5.10 Å². The van der Waals surface area contributed by atoms with Crippen LogP contribution in [0, 0.1) is 0 Å². The van der Waals surface area contributed by atoms with Crippen molar-refractivity contribution in [1.82, 2.24) is 14.8 Å². The summed E-state index contributed by atoms with van der Waals surface area (Å²) in [6.07, 6.45) is 5.76. The highest BCUT2D eigenvalue weighted by atomic mass is 32.1. The highest BCUT2D eigenvalue weighted by Crippen LogP contribution is 2.19. The molecule has 0 amide bonds. The van der Waals surface area contributed by atoms with Crippen molar-refractivity contribution in [1.29, 1.82) is 0 Å². The number of nitrogens with zero attached hydrogens (tertiary/aromatic N) is 3. The van der Waals surface area contributed by atoms with Gasteiger partial charge in [0.05, 0.1) is 12.2 Å². The zero-order valence-electron chi connectivity index (χ0n) is 8.84. The Morgan fingerprint density at radius 2 is 2.47 bits per heavy atom. The number of aromatic nitrogens is 3. The highest BCUT2D eigenvalue weighted by Gasteiger charge is 2.08. The molecule has 5 heteroatoms. The Morgan fingerprint density at radius 3 is 3.07 bits per heavy atom. The van der Waals surface area contributed by atoms with E-state index in [9.17, 15) is 0 Å². The Morgan fingerprint density at radius 1 is 1.60 bits per heavy atom. The molecule has 0 aliphatic rings. The maximum atomic E-state index is 4.24. The molecule has 80 valence electrons. The van der Waals surface area contributed by atoms with Crippen molar-refractivity contribution in [3.8, 4) is 0 Å². The first kappa shape index (κ1) is 10.2. The van der Waals surface area contributed by atoms with Crippen LogP contribution in [0.15, 0.2) is 24.0 Å². The highest BCUT2D eigenvalue weighted by molar-refractivity contribution is 7.13. The normalized spacial score (nSPS) is 12.7. The molecule has 0 spiro atoms. The van der Waals surface area contributed by atoms with E-state index >= 15 is 0 Å². The summed E-state index contributed by atoms with van der Waals surface area (Å²) in [5.41, 5.74) is 1.19. The third kappa shape index (κ3) is 2.36. The number of hydrogen-bond acceptors (Lipinski definition) is 4. The lowest BCUT2D eigenvalue weighted by Gasteiger charge is -2.09. The van der Waals surface area contributed by atoms with Crippen molar-refractivity contribution in [2.45, 2.75) is 26.4 Å². The van der Waals surface area contributed by atoms with Gasteiger partial charge in [0.15, 0.2) is 5.13 Å². The number of thiazole rings is 1. The largest absolute Gasteiger partial charge is 0.355 e. The van der Waals surface area contributed by atoms with Crippen LogP contribution in [-0.4, -0.2) is 14.8 Å². The van der Waals surface area contributed by atoms with Gasteiger partial charge in [-0.3, -0.25) is 4.68 Å². The molecule has 15 heavy (non-hydrogen) atoms. The lowest BCUT2D eigenvalue weighted by molar-refractivity contribution is 0.658. The van der Waals surface area contributed by atoms with E-state index in [2.05, 4.69) is 35.4 Å². The second kappa shape index (κ2) is 4.44. The lowest BCUT2D eigenvalue weighted by Crippen LogP contribution is -2.05. The quantitative estimate of drug-likeness (QED) is 0.864.